The molecule has 0 bridgehead atoms. The Kier molecular flexibility index (Phi) is 2.52. The fourth-order valence-electron chi connectivity index (χ4n) is 2.31. The summed E-state index contributed by atoms with van der Waals surface area (Å²) in [6.07, 6.45) is 1.96. The third-order valence-corrected chi connectivity index (χ3v) is 3.21. The highest BCUT2D eigenvalue weighted by Crippen LogP contribution is 2.41. The summed E-state index contributed by atoms with van der Waals surface area (Å²) in [5.74, 6) is 1.71. The van der Waals surface area contributed by atoms with Crippen molar-refractivity contribution >= 4 is 5.57 Å². The smallest absolute Gasteiger partial charge is 0.135 e. The molecule has 0 saturated heterocycles. The van der Waals surface area contributed by atoms with Crippen molar-refractivity contribution in [1.82, 2.24) is 0 Å². The number of benzene rings is 2. The molecule has 0 unspecified atom stereocenters. The van der Waals surface area contributed by atoms with Crippen molar-refractivity contribution in [1.29, 1.82) is 0 Å². The number of hydrogen-bond donors (Lipinski definition) is 0. The van der Waals surface area contributed by atoms with E-state index in [2.05, 4.69) is 24.8 Å². The predicted octanol–water partition coefficient (Wildman–Crippen LogP) is 4.66. The monoisotopic (exact) mass is 234 g/mol. The Labute approximate surface area is 107 Å². The Balaban J connectivity index is 2.35. The molecule has 1 heteroatoms. The van der Waals surface area contributed by atoms with Crippen molar-refractivity contribution in [3.05, 3.63) is 72.5 Å². The summed E-state index contributed by atoms with van der Waals surface area (Å²) in [6.45, 7) is 6.13. The van der Waals surface area contributed by atoms with Crippen molar-refractivity contribution in [2.24, 2.45) is 0 Å². The second-order valence-corrected chi connectivity index (χ2v) is 4.28. The Morgan fingerprint density at radius 3 is 2.22 bits per heavy atom. The quantitative estimate of drug-likeness (QED) is 0.644. The highest BCUT2D eigenvalue weighted by atomic mass is 16.5. The largest absolute Gasteiger partial charge is 0.456 e. The molecule has 2 aromatic rings. The molecule has 0 aliphatic carbocycles. The van der Waals surface area contributed by atoms with Gasteiger partial charge in [0.15, 0.2) is 0 Å². The molecular weight excluding hydrogens is 220 g/mol. The predicted molar refractivity (Wildman–Crippen MR) is 75.3 cm³/mol. The number of para-hydroxylation sites is 1. The molecule has 2 aromatic carbocycles. The third-order valence-electron chi connectivity index (χ3n) is 3.21. The zero-order chi connectivity index (χ0) is 12.5. The maximum absolute atomic E-state index is 5.96. The molecule has 0 radical (unpaired) electrons. The average molecular weight is 234 g/mol. The second-order valence-electron chi connectivity index (χ2n) is 4.28. The molecule has 0 N–H and O–H groups in total. The minimum atomic E-state index is 0.826. The van der Waals surface area contributed by atoms with Crippen LogP contribution in [-0.2, 0) is 0 Å². The zero-order valence-electron chi connectivity index (χ0n) is 10.3. The summed E-state index contributed by atoms with van der Waals surface area (Å²) in [5, 5.41) is 0. The molecule has 1 aliphatic heterocycles. The van der Waals surface area contributed by atoms with Crippen molar-refractivity contribution in [2.45, 2.75) is 6.92 Å². The number of rotatable bonds is 0. The van der Waals surface area contributed by atoms with Crippen molar-refractivity contribution < 1.29 is 4.74 Å². The van der Waals surface area contributed by atoms with E-state index in [0.29, 0.717) is 0 Å². The molecule has 0 spiro atoms. The van der Waals surface area contributed by atoms with Crippen LogP contribution in [0.2, 0.25) is 0 Å². The summed E-state index contributed by atoms with van der Waals surface area (Å²) in [7, 11) is 0. The lowest BCUT2D eigenvalue weighted by molar-refractivity contribution is 0.452. The van der Waals surface area contributed by atoms with Gasteiger partial charge < -0.3 is 4.74 Å². The summed E-state index contributed by atoms with van der Waals surface area (Å²) < 4.78 is 5.96. The lowest BCUT2D eigenvalue weighted by Crippen LogP contribution is -1.95. The molecule has 0 amide bonds. The number of ether oxygens (including phenoxy) is 1. The number of allylic oxidation sites excluding steroid dienone is 2. The maximum atomic E-state index is 5.96. The van der Waals surface area contributed by atoms with E-state index in [1.165, 1.54) is 5.56 Å². The van der Waals surface area contributed by atoms with Gasteiger partial charge in [0.2, 0.25) is 0 Å². The van der Waals surface area contributed by atoms with Crippen LogP contribution in [0, 0.1) is 0 Å². The molecule has 1 nitrogen and oxygen atoms in total. The van der Waals surface area contributed by atoms with Gasteiger partial charge in [0.05, 0.1) is 0 Å². The van der Waals surface area contributed by atoms with Crippen LogP contribution in [0.3, 0.4) is 0 Å². The fourth-order valence-corrected chi connectivity index (χ4v) is 2.31. The molecule has 0 fully saturated rings. The van der Waals surface area contributed by atoms with Crippen molar-refractivity contribution in [3.63, 3.8) is 0 Å². The summed E-state index contributed by atoms with van der Waals surface area (Å²) >= 11 is 0. The average Bonchev–Trinajstić information content (AvgIpc) is 2.55. The van der Waals surface area contributed by atoms with Gasteiger partial charge >= 0.3 is 0 Å². The fraction of sp³-hybridized carbons (Fsp3) is 0.0588. The van der Waals surface area contributed by atoms with Gasteiger partial charge in [-0.05, 0) is 30.2 Å². The van der Waals surface area contributed by atoms with Gasteiger partial charge in [-0.3, -0.25) is 0 Å². The zero-order valence-corrected chi connectivity index (χ0v) is 10.3. The first-order valence-corrected chi connectivity index (χ1v) is 6.03. The Morgan fingerprint density at radius 1 is 0.889 bits per heavy atom. The van der Waals surface area contributed by atoms with Gasteiger partial charge in [-0.15, -0.1) is 0 Å². The van der Waals surface area contributed by atoms with Gasteiger partial charge in [0.1, 0.15) is 11.5 Å². The number of fused-ring (bicyclic) bond motifs is 3. The molecular formula is C17H14O. The highest BCUT2D eigenvalue weighted by molar-refractivity contribution is 5.90. The highest BCUT2D eigenvalue weighted by Gasteiger charge is 2.19. The molecule has 0 aromatic heterocycles. The van der Waals surface area contributed by atoms with Gasteiger partial charge in [0.25, 0.3) is 0 Å². The molecule has 0 saturated carbocycles. The van der Waals surface area contributed by atoms with Crippen LogP contribution in [0.25, 0.3) is 16.7 Å². The Hall–Kier alpha value is -2.28. The number of hydrogen-bond acceptors (Lipinski definition) is 1. The van der Waals surface area contributed by atoms with Crippen molar-refractivity contribution in [3.8, 4) is 16.9 Å². The minimum Gasteiger partial charge on any atom is -0.456 e. The minimum absolute atomic E-state index is 0.826. The lowest BCUT2D eigenvalue weighted by Gasteiger charge is -2.09. The van der Waals surface area contributed by atoms with E-state index in [0.717, 1.165) is 28.2 Å². The molecule has 3 rings (SSSR count). The Morgan fingerprint density at radius 2 is 1.50 bits per heavy atom. The third kappa shape index (κ3) is 1.56. The van der Waals surface area contributed by atoms with Gasteiger partial charge in [0, 0.05) is 11.1 Å². The van der Waals surface area contributed by atoms with Gasteiger partial charge in [-0.1, -0.05) is 49.0 Å². The topological polar surface area (TPSA) is 9.23 Å². The normalized spacial score (nSPS) is 15.6. The molecule has 18 heavy (non-hydrogen) atoms. The van der Waals surface area contributed by atoms with Crippen LogP contribution >= 0.6 is 0 Å². The van der Waals surface area contributed by atoms with Gasteiger partial charge in [-0.2, -0.15) is 0 Å². The van der Waals surface area contributed by atoms with E-state index < -0.39 is 0 Å². The SMILES string of the molecule is C=C1C(=CC)Oc2ccccc2-c2ccccc21. The summed E-state index contributed by atoms with van der Waals surface area (Å²) in [6, 6.07) is 16.4. The van der Waals surface area contributed by atoms with E-state index in [1.54, 1.807) is 0 Å². The van der Waals surface area contributed by atoms with Crippen LogP contribution in [0.1, 0.15) is 12.5 Å². The van der Waals surface area contributed by atoms with E-state index in [9.17, 15) is 0 Å². The first-order chi connectivity index (χ1) is 8.81. The van der Waals surface area contributed by atoms with E-state index in [4.69, 9.17) is 4.74 Å². The van der Waals surface area contributed by atoms with Crippen LogP contribution in [0.4, 0.5) is 0 Å². The van der Waals surface area contributed by atoms with Crippen LogP contribution in [-0.4, -0.2) is 0 Å². The van der Waals surface area contributed by atoms with E-state index >= 15 is 0 Å². The Bertz CT molecular complexity index is 650. The standard InChI is InChI=1S/C17H14O/c1-3-16-12(2)13-8-4-5-9-14(13)15-10-6-7-11-17(15)18-16/h3-11H,2H2,1H3. The van der Waals surface area contributed by atoms with Crippen LogP contribution in [0.5, 0.6) is 5.75 Å². The van der Waals surface area contributed by atoms with E-state index in [-0.39, 0.29) is 0 Å². The first kappa shape index (κ1) is 10.8. The molecule has 0 atom stereocenters. The first-order valence-electron chi connectivity index (χ1n) is 6.03. The molecule has 1 heterocycles. The summed E-state index contributed by atoms with van der Waals surface area (Å²) in [4.78, 5) is 0. The second kappa shape index (κ2) is 4.19. The van der Waals surface area contributed by atoms with Crippen LogP contribution < -0.4 is 4.74 Å². The molecule has 88 valence electrons. The maximum Gasteiger partial charge on any atom is 0.135 e. The van der Waals surface area contributed by atoms with E-state index in [1.807, 2.05) is 43.3 Å². The molecule has 1 aliphatic rings. The lowest BCUT2D eigenvalue weighted by atomic mass is 9.95. The summed E-state index contributed by atoms with van der Waals surface area (Å²) in [5.41, 5.74) is 4.36. The van der Waals surface area contributed by atoms with Gasteiger partial charge in [-0.25, -0.2) is 0 Å². The van der Waals surface area contributed by atoms with Crippen LogP contribution in [0.15, 0.2) is 66.9 Å². The van der Waals surface area contributed by atoms with Crippen molar-refractivity contribution in [2.75, 3.05) is 0 Å².